The largest absolute Gasteiger partial charge is 0.462 e. The van der Waals surface area contributed by atoms with Gasteiger partial charge in [-0.25, -0.2) is 0 Å². The van der Waals surface area contributed by atoms with Crippen molar-refractivity contribution in [2.75, 3.05) is 13.2 Å². The lowest BCUT2D eigenvalue weighted by Crippen LogP contribution is -2.28. The van der Waals surface area contributed by atoms with Gasteiger partial charge >= 0.3 is 11.9 Å². The Morgan fingerprint density at radius 2 is 0.796 bits per heavy atom. The lowest BCUT2D eigenvalue weighted by Gasteiger charge is -2.15. The van der Waals surface area contributed by atoms with E-state index in [1.807, 2.05) is 0 Å². The summed E-state index contributed by atoms with van der Waals surface area (Å²) in [6.45, 7) is 3.94. The molecule has 0 aromatic heterocycles. The summed E-state index contributed by atoms with van der Waals surface area (Å²) >= 11 is 0. The maximum atomic E-state index is 12.2. The molecule has 5 nitrogen and oxygen atoms in total. The molecule has 5 heteroatoms. The Balaban J connectivity index is 3.71. The standard InChI is InChI=1S/C49H78O5/c1-3-5-7-9-11-13-15-17-19-20-21-22-23-24-25-26-27-28-30-32-34-36-38-40-42-44-49(52)54-47(45-50)46-53-48(51)43-41-39-37-35-33-31-29-18-16-14-12-10-8-6-4-2/h5,7,11-14,17-19,21-22,24-25,27-29,32,34,47,50H,3-4,6,8-10,15-16,20,23,26,30-31,33,35-46H2,1-2H3/b7-5-,13-11-,14-12-,19-17-,22-21-,25-24-,28-27-,29-18-,34-32-. The highest BCUT2D eigenvalue weighted by atomic mass is 16.6. The van der Waals surface area contributed by atoms with E-state index < -0.39 is 6.10 Å². The zero-order chi connectivity index (χ0) is 39.3. The van der Waals surface area contributed by atoms with Gasteiger partial charge in [-0.05, 0) is 103 Å². The summed E-state index contributed by atoms with van der Waals surface area (Å²) in [4.78, 5) is 24.3. The summed E-state index contributed by atoms with van der Waals surface area (Å²) in [7, 11) is 0. The minimum absolute atomic E-state index is 0.0943. The Morgan fingerprint density at radius 1 is 0.444 bits per heavy atom. The van der Waals surface area contributed by atoms with Crippen LogP contribution in [0, 0.1) is 0 Å². The van der Waals surface area contributed by atoms with Crippen molar-refractivity contribution in [3.8, 4) is 0 Å². The summed E-state index contributed by atoms with van der Waals surface area (Å²) in [5, 5.41) is 9.57. The van der Waals surface area contributed by atoms with Crippen LogP contribution in [0.5, 0.6) is 0 Å². The Kier molecular flexibility index (Phi) is 41.2. The van der Waals surface area contributed by atoms with Crippen molar-refractivity contribution < 1.29 is 24.2 Å². The highest BCUT2D eigenvalue weighted by molar-refractivity contribution is 5.70. The Bertz CT molecular complexity index is 1120. The molecule has 0 rings (SSSR count). The third-order valence-electron chi connectivity index (χ3n) is 8.55. The van der Waals surface area contributed by atoms with Gasteiger partial charge in [0.25, 0.3) is 0 Å². The first-order valence-electron chi connectivity index (χ1n) is 21.4. The van der Waals surface area contributed by atoms with Crippen LogP contribution in [-0.2, 0) is 19.1 Å². The minimum Gasteiger partial charge on any atom is -0.462 e. The summed E-state index contributed by atoms with van der Waals surface area (Å²) in [5.41, 5.74) is 0. The van der Waals surface area contributed by atoms with Crippen molar-refractivity contribution in [2.45, 2.75) is 174 Å². The number of hydrogen-bond acceptors (Lipinski definition) is 5. The van der Waals surface area contributed by atoms with Gasteiger partial charge in [0, 0.05) is 12.8 Å². The summed E-state index contributed by atoms with van der Waals surface area (Å²) in [6, 6.07) is 0. The molecule has 0 aromatic carbocycles. The van der Waals surface area contributed by atoms with E-state index in [0.29, 0.717) is 12.8 Å². The van der Waals surface area contributed by atoms with Gasteiger partial charge in [0.15, 0.2) is 6.10 Å². The molecule has 0 radical (unpaired) electrons. The molecule has 0 aliphatic rings. The zero-order valence-corrected chi connectivity index (χ0v) is 34.4. The molecule has 0 fully saturated rings. The second kappa shape index (κ2) is 44.0. The average molecular weight is 747 g/mol. The average Bonchev–Trinajstić information content (AvgIpc) is 3.17. The van der Waals surface area contributed by atoms with Crippen molar-refractivity contribution in [3.05, 3.63) is 109 Å². The van der Waals surface area contributed by atoms with Crippen LogP contribution in [-0.4, -0.2) is 36.4 Å². The second-order valence-electron chi connectivity index (χ2n) is 13.7. The number of unbranched alkanes of at least 4 members (excludes halogenated alkanes) is 11. The van der Waals surface area contributed by atoms with E-state index in [1.165, 1.54) is 32.1 Å². The van der Waals surface area contributed by atoms with Crippen molar-refractivity contribution in [1.29, 1.82) is 0 Å². The minimum atomic E-state index is -0.803. The number of esters is 2. The molecule has 0 amide bonds. The first-order chi connectivity index (χ1) is 26.6. The van der Waals surface area contributed by atoms with E-state index in [4.69, 9.17) is 9.47 Å². The Hall–Kier alpha value is -3.44. The van der Waals surface area contributed by atoms with Crippen LogP contribution in [0.1, 0.15) is 168 Å². The molecule has 0 spiro atoms. The number of aliphatic hydroxyl groups excluding tert-OH is 1. The van der Waals surface area contributed by atoms with Gasteiger partial charge in [-0.15, -0.1) is 0 Å². The number of ether oxygens (including phenoxy) is 2. The predicted molar refractivity (Wildman–Crippen MR) is 232 cm³/mol. The van der Waals surface area contributed by atoms with E-state index in [-0.39, 0.29) is 25.2 Å². The van der Waals surface area contributed by atoms with Gasteiger partial charge in [-0.1, -0.05) is 162 Å². The molecule has 0 bridgehead atoms. The molecular formula is C49H78O5. The first-order valence-corrected chi connectivity index (χ1v) is 21.4. The van der Waals surface area contributed by atoms with Crippen molar-refractivity contribution >= 4 is 11.9 Å². The van der Waals surface area contributed by atoms with E-state index in [2.05, 4.69) is 123 Å². The van der Waals surface area contributed by atoms with Crippen LogP contribution >= 0.6 is 0 Å². The zero-order valence-electron chi connectivity index (χ0n) is 34.4. The maximum absolute atomic E-state index is 12.2. The Morgan fingerprint density at radius 3 is 1.22 bits per heavy atom. The smallest absolute Gasteiger partial charge is 0.306 e. The van der Waals surface area contributed by atoms with Crippen LogP contribution < -0.4 is 0 Å². The third kappa shape index (κ3) is 41.3. The van der Waals surface area contributed by atoms with Crippen molar-refractivity contribution in [1.82, 2.24) is 0 Å². The SMILES string of the molecule is CC/C=C\C/C=C\C/C=C\C/C=C\C/C=C\C/C=C\C/C=C\CCCCCC(=O)OC(CO)COC(=O)CCCCCCC/C=C\C/C=C\CCCCC. The Labute approximate surface area is 331 Å². The molecule has 1 N–H and O–H groups in total. The van der Waals surface area contributed by atoms with Gasteiger partial charge in [0.05, 0.1) is 6.61 Å². The van der Waals surface area contributed by atoms with Crippen LogP contribution in [0.3, 0.4) is 0 Å². The van der Waals surface area contributed by atoms with Gasteiger partial charge < -0.3 is 14.6 Å². The van der Waals surface area contributed by atoms with Gasteiger partial charge in [0.2, 0.25) is 0 Å². The summed E-state index contributed by atoms with van der Waals surface area (Å²) in [5.74, 6) is -0.656. The highest BCUT2D eigenvalue weighted by Gasteiger charge is 2.16. The van der Waals surface area contributed by atoms with E-state index in [9.17, 15) is 14.7 Å². The molecule has 0 saturated carbocycles. The number of carbonyl (C=O) groups excluding carboxylic acids is 2. The number of aliphatic hydroxyl groups is 1. The maximum Gasteiger partial charge on any atom is 0.306 e. The molecule has 0 aromatic rings. The number of rotatable bonds is 37. The van der Waals surface area contributed by atoms with Gasteiger partial charge in [-0.2, -0.15) is 0 Å². The fourth-order valence-corrected chi connectivity index (χ4v) is 5.33. The monoisotopic (exact) mass is 747 g/mol. The van der Waals surface area contributed by atoms with Crippen LogP contribution in [0.15, 0.2) is 109 Å². The van der Waals surface area contributed by atoms with E-state index in [1.54, 1.807) is 0 Å². The third-order valence-corrected chi connectivity index (χ3v) is 8.55. The highest BCUT2D eigenvalue weighted by Crippen LogP contribution is 2.10. The second-order valence-corrected chi connectivity index (χ2v) is 13.7. The lowest BCUT2D eigenvalue weighted by atomic mass is 10.1. The molecule has 0 saturated heterocycles. The van der Waals surface area contributed by atoms with Crippen LogP contribution in [0.25, 0.3) is 0 Å². The quantitative estimate of drug-likeness (QED) is 0.0389. The van der Waals surface area contributed by atoms with E-state index in [0.717, 1.165) is 109 Å². The molecule has 1 unspecified atom stereocenters. The number of allylic oxidation sites excluding steroid dienone is 18. The number of hydrogen-bond donors (Lipinski definition) is 1. The molecular weight excluding hydrogens is 669 g/mol. The number of carbonyl (C=O) groups is 2. The van der Waals surface area contributed by atoms with E-state index >= 15 is 0 Å². The fraction of sp³-hybridized carbons (Fsp3) is 0.592. The molecule has 0 aliphatic heterocycles. The van der Waals surface area contributed by atoms with Crippen LogP contribution in [0.4, 0.5) is 0 Å². The molecule has 0 aliphatic carbocycles. The molecule has 1 atom stereocenters. The van der Waals surface area contributed by atoms with Crippen molar-refractivity contribution in [2.24, 2.45) is 0 Å². The normalized spacial score (nSPS) is 13.3. The molecule has 304 valence electrons. The van der Waals surface area contributed by atoms with Gasteiger partial charge in [-0.3, -0.25) is 9.59 Å². The fourth-order valence-electron chi connectivity index (χ4n) is 5.33. The molecule has 0 heterocycles. The topological polar surface area (TPSA) is 72.8 Å². The summed E-state index contributed by atoms with van der Waals surface area (Å²) < 4.78 is 10.6. The first kappa shape index (κ1) is 50.6. The van der Waals surface area contributed by atoms with Crippen LogP contribution in [0.2, 0.25) is 0 Å². The molecule has 54 heavy (non-hydrogen) atoms. The predicted octanol–water partition coefficient (Wildman–Crippen LogP) is 13.8. The lowest BCUT2D eigenvalue weighted by molar-refractivity contribution is -0.161. The summed E-state index contributed by atoms with van der Waals surface area (Å²) in [6.07, 6.45) is 62.9. The van der Waals surface area contributed by atoms with Crippen molar-refractivity contribution in [3.63, 3.8) is 0 Å². The van der Waals surface area contributed by atoms with Gasteiger partial charge in [0.1, 0.15) is 6.61 Å².